The number of halogens is 1. The Balaban J connectivity index is 1.65. The van der Waals surface area contributed by atoms with Gasteiger partial charge >= 0.3 is 0 Å². The van der Waals surface area contributed by atoms with Gasteiger partial charge in [0, 0.05) is 21.1 Å². The number of anilines is 1. The molecule has 0 aliphatic carbocycles. The summed E-state index contributed by atoms with van der Waals surface area (Å²) in [6, 6.07) is 15.9. The van der Waals surface area contributed by atoms with E-state index in [-0.39, 0.29) is 18.1 Å². The number of hydrogen-bond acceptors (Lipinski definition) is 4. The SMILES string of the molecule is Cc1ccc(-c2csc(C3=C(O)CN(c4cccc(Br)c4)C3=N)n2)cc1. The van der Waals surface area contributed by atoms with E-state index in [4.69, 9.17) is 5.41 Å². The monoisotopic (exact) mass is 425 g/mol. The van der Waals surface area contributed by atoms with Gasteiger partial charge in [0.1, 0.15) is 16.6 Å². The van der Waals surface area contributed by atoms with Crippen molar-refractivity contribution in [1.29, 1.82) is 5.41 Å². The lowest BCUT2D eigenvalue weighted by Crippen LogP contribution is -2.25. The summed E-state index contributed by atoms with van der Waals surface area (Å²) in [5.41, 5.74) is 4.46. The van der Waals surface area contributed by atoms with E-state index in [2.05, 4.69) is 40.0 Å². The largest absolute Gasteiger partial charge is 0.510 e. The minimum absolute atomic E-state index is 0.180. The molecule has 0 bridgehead atoms. The molecule has 4 rings (SSSR count). The van der Waals surface area contributed by atoms with Crippen molar-refractivity contribution in [1.82, 2.24) is 4.98 Å². The third-order valence-corrected chi connectivity index (χ3v) is 5.64. The van der Waals surface area contributed by atoms with E-state index >= 15 is 0 Å². The lowest BCUT2D eigenvalue weighted by molar-refractivity contribution is 0.411. The van der Waals surface area contributed by atoms with Crippen molar-refractivity contribution in [3.8, 4) is 11.3 Å². The summed E-state index contributed by atoms with van der Waals surface area (Å²) in [4.78, 5) is 6.44. The van der Waals surface area contributed by atoms with Crippen LogP contribution in [0.15, 0.2) is 64.1 Å². The molecular weight excluding hydrogens is 410 g/mol. The number of benzene rings is 2. The van der Waals surface area contributed by atoms with Crippen molar-refractivity contribution in [2.75, 3.05) is 11.4 Å². The van der Waals surface area contributed by atoms with Gasteiger partial charge in [0.2, 0.25) is 0 Å². The van der Waals surface area contributed by atoms with Crippen molar-refractivity contribution in [3.05, 3.63) is 74.7 Å². The fraction of sp³-hybridized carbons (Fsp3) is 0.100. The predicted octanol–water partition coefficient (Wildman–Crippen LogP) is 5.65. The zero-order valence-electron chi connectivity index (χ0n) is 14.0. The molecule has 0 atom stereocenters. The molecule has 1 aliphatic rings. The summed E-state index contributed by atoms with van der Waals surface area (Å²) in [5, 5.41) is 21.7. The van der Waals surface area contributed by atoms with E-state index in [0.717, 1.165) is 21.4 Å². The van der Waals surface area contributed by atoms with E-state index in [0.29, 0.717) is 10.6 Å². The normalized spacial score (nSPS) is 14.4. The Morgan fingerprint density at radius 2 is 1.96 bits per heavy atom. The van der Waals surface area contributed by atoms with Crippen LogP contribution >= 0.6 is 27.3 Å². The summed E-state index contributed by atoms with van der Waals surface area (Å²) < 4.78 is 0.937. The first-order chi connectivity index (χ1) is 12.5. The van der Waals surface area contributed by atoms with Crippen LogP contribution in [-0.2, 0) is 0 Å². The molecule has 6 heteroatoms. The smallest absolute Gasteiger partial charge is 0.139 e. The zero-order chi connectivity index (χ0) is 18.3. The van der Waals surface area contributed by atoms with Gasteiger partial charge < -0.3 is 10.0 Å². The lowest BCUT2D eigenvalue weighted by Gasteiger charge is -2.18. The molecule has 0 unspecified atom stereocenters. The molecule has 0 fully saturated rings. The molecule has 130 valence electrons. The van der Waals surface area contributed by atoms with E-state index in [1.54, 1.807) is 4.90 Å². The summed E-state index contributed by atoms with van der Waals surface area (Å²) >= 11 is 4.90. The highest BCUT2D eigenvalue weighted by Crippen LogP contribution is 2.35. The van der Waals surface area contributed by atoms with Crippen molar-refractivity contribution in [2.24, 2.45) is 0 Å². The van der Waals surface area contributed by atoms with Crippen LogP contribution in [0.4, 0.5) is 5.69 Å². The first kappa shape index (κ1) is 17.0. The Morgan fingerprint density at radius 3 is 2.69 bits per heavy atom. The maximum atomic E-state index is 10.5. The third-order valence-electron chi connectivity index (χ3n) is 4.29. The number of hydrogen-bond donors (Lipinski definition) is 2. The van der Waals surface area contributed by atoms with Gasteiger partial charge in [-0.3, -0.25) is 5.41 Å². The number of amidine groups is 1. The minimum atomic E-state index is 0.180. The molecule has 0 saturated carbocycles. The molecule has 2 aromatic carbocycles. The molecule has 1 aromatic heterocycles. The van der Waals surface area contributed by atoms with Crippen LogP contribution < -0.4 is 4.90 Å². The first-order valence-corrected chi connectivity index (χ1v) is 9.77. The van der Waals surface area contributed by atoms with Crippen LogP contribution in [-0.4, -0.2) is 22.5 Å². The lowest BCUT2D eigenvalue weighted by atomic mass is 10.1. The second-order valence-corrected chi connectivity index (χ2v) is 7.91. The standard InChI is InChI=1S/C20H16BrN3OS/c1-12-5-7-13(8-6-12)16-11-26-20(23-16)18-17(25)10-24(19(18)22)15-4-2-3-14(21)9-15/h2-9,11,22,25H,10H2,1H3. The zero-order valence-corrected chi connectivity index (χ0v) is 16.4. The average molecular weight is 426 g/mol. The number of aromatic nitrogens is 1. The number of aryl methyl sites for hydroxylation is 1. The number of nitrogens with one attached hydrogen (secondary N) is 1. The summed E-state index contributed by atoms with van der Waals surface area (Å²) in [6.07, 6.45) is 0. The maximum absolute atomic E-state index is 10.5. The molecule has 0 amide bonds. The molecule has 0 radical (unpaired) electrons. The topological polar surface area (TPSA) is 60.2 Å². The average Bonchev–Trinajstić information content (AvgIpc) is 3.20. The van der Waals surface area contributed by atoms with Crippen molar-refractivity contribution >= 4 is 44.4 Å². The van der Waals surface area contributed by atoms with Gasteiger partial charge in [-0.1, -0.05) is 51.8 Å². The van der Waals surface area contributed by atoms with E-state index < -0.39 is 0 Å². The Kier molecular flexibility index (Phi) is 4.38. The maximum Gasteiger partial charge on any atom is 0.139 e. The molecule has 26 heavy (non-hydrogen) atoms. The van der Waals surface area contributed by atoms with Crippen molar-refractivity contribution in [3.63, 3.8) is 0 Å². The second-order valence-electron chi connectivity index (χ2n) is 6.14. The van der Waals surface area contributed by atoms with Crippen LogP contribution in [0, 0.1) is 12.3 Å². The van der Waals surface area contributed by atoms with Gasteiger partial charge in [0.25, 0.3) is 0 Å². The summed E-state index contributed by atoms with van der Waals surface area (Å²) in [5.74, 6) is 0.449. The van der Waals surface area contributed by atoms with E-state index in [1.165, 1.54) is 16.9 Å². The van der Waals surface area contributed by atoms with Gasteiger partial charge in [-0.25, -0.2) is 4.98 Å². The molecule has 3 aromatic rings. The molecule has 4 nitrogen and oxygen atoms in total. The van der Waals surface area contributed by atoms with Crippen molar-refractivity contribution < 1.29 is 5.11 Å². The van der Waals surface area contributed by atoms with Gasteiger partial charge in [0.05, 0.1) is 17.8 Å². The first-order valence-electron chi connectivity index (χ1n) is 8.10. The van der Waals surface area contributed by atoms with Crippen LogP contribution in [0.1, 0.15) is 10.6 Å². The highest BCUT2D eigenvalue weighted by Gasteiger charge is 2.31. The Morgan fingerprint density at radius 1 is 1.19 bits per heavy atom. The quantitative estimate of drug-likeness (QED) is 0.569. The summed E-state index contributed by atoms with van der Waals surface area (Å²) in [7, 11) is 0. The van der Waals surface area contributed by atoms with Crippen LogP contribution in [0.2, 0.25) is 0 Å². The number of nitrogens with zero attached hydrogens (tertiary/aromatic N) is 2. The third kappa shape index (κ3) is 3.06. The van der Waals surface area contributed by atoms with Gasteiger partial charge in [0.15, 0.2) is 0 Å². The van der Waals surface area contributed by atoms with Crippen LogP contribution in [0.3, 0.4) is 0 Å². The van der Waals surface area contributed by atoms with Gasteiger partial charge in [-0.05, 0) is 25.1 Å². The highest BCUT2D eigenvalue weighted by atomic mass is 79.9. The fourth-order valence-electron chi connectivity index (χ4n) is 2.91. The van der Waals surface area contributed by atoms with E-state index in [9.17, 15) is 5.11 Å². The summed E-state index contributed by atoms with van der Waals surface area (Å²) in [6.45, 7) is 2.33. The van der Waals surface area contributed by atoms with Gasteiger partial charge in [-0.2, -0.15) is 0 Å². The number of rotatable bonds is 3. The molecule has 0 saturated heterocycles. The van der Waals surface area contributed by atoms with Crippen LogP contribution in [0.25, 0.3) is 16.8 Å². The Hall–Kier alpha value is -2.44. The van der Waals surface area contributed by atoms with E-state index in [1.807, 2.05) is 41.8 Å². The predicted molar refractivity (Wildman–Crippen MR) is 111 cm³/mol. The fourth-order valence-corrected chi connectivity index (χ4v) is 4.20. The molecule has 2 N–H and O–H groups in total. The molecule has 2 heterocycles. The number of thiazole rings is 1. The van der Waals surface area contributed by atoms with Crippen molar-refractivity contribution in [2.45, 2.75) is 6.92 Å². The number of aliphatic hydroxyl groups excluding tert-OH is 1. The second kappa shape index (κ2) is 6.70. The van der Waals surface area contributed by atoms with Gasteiger partial charge in [-0.15, -0.1) is 11.3 Å². The minimum Gasteiger partial charge on any atom is -0.510 e. The Bertz CT molecular complexity index is 1020. The Labute approximate surface area is 164 Å². The highest BCUT2D eigenvalue weighted by molar-refractivity contribution is 9.10. The number of aliphatic hydroxyl groups is 1. The van der Waals surface area contributed by atoms with Crippen LogP contribution in [0.5, 0.6) is 0 Å². The molecular formula is C20H16BrN3OS. The molecule has 1 aliphatic heterocycles. The molecule has 0 spiro atoms.